The third kappa shape index (κ3) is 2.75. The average molecular weight is 436 g/mol. The van der Waals surface area contributed by atoms with Gasteiger partial charge in [0.2, 0.25) is 0 Å². The van der Waals surface area contributed by atoms with Gasteiger partial charge < -0.3 is 4.90 Å². The summed E-state index contributed by atoms with van der Waals surface area (Å²) < 4.78 is 0. The molecule has 0 N–H and O–H groups in total. The molecule has 3 heterocycles. The molecule has 1 aromatic heterocycles. The first kappa shape index (κ1) is 20.2. The second-order valence-electron chi connectivity index (χ2n) is 8.48. The Morgan fingerprint density at radius 1 is 1.06 bits per heavy atom. The van der Waals surface area contributed by atoms with Gasteiger partial charge in [-0.15, -0.1) is 11.3 Å². The third-order valence-corrected chi connectivity index (χ3v) is 7.64. The summed E-state index contributed by atoms with van der Waals surface area (Å²) in [6.07, 6.45) is 3.89. The quantitative estimate of drug-likeness (QED) is 0.499. The number of para-hydroxylation sites is 1. The Bertz CT molecular complexity index is 1310. The number of carbonyl (C=O) groups excluding carboxylic acids is 1. The van der Waals surface area contributed by atoms with Gasteiger partial charge >= 0.3 is 0 Å². The van der Waals surface area contributed by atoms with Gasteiger partial charge in [0.25, 0.3) is 0 Å². The van der Waals surface area contributed by atoms with Crippen LogP contribution in [0.5, 0.6) is 0 Å². The lowest BCUT2D eigenvalue weighted by Gasteiger charge is -2.35. The summed E-state index contributed by atoms with van der Waals surface area (Å²) >= 11 is 1.50. The highest BCUT2D eigenvalue weighted by Gasteiger charge is 2.63. The molecule has 0 saturated carbocycles. The SMILES string of the molecule is Cc1ccc(C(=O)[C@@H]2[C@H](c3cccs3)C(C#N)(C#N)[C@@H]3C=Cc4ccccc4N23)c(C)c1. The summed E-state index contributed by atoms with van der Waals surface area (Å²) in [5.74, 6) is -0.616. The van der Waals surface area contributed by atoms with Crippen molar-refractivity contribution in [1.29, 1.82) is 10.5 Å². The summed E-state index contributed by atoms with van der Waals surface area (Å²) in [4.78, 5) is 17.1. The van der Waals surface area contributed by atoms with Gasteiger partial charge in [0.15, 0.2) is 11.2 Å². The molecule has 5 rings (SSSR count). The minimum absolute atomic E-state index is 0.0524. The van der Waals surface area contributed by atoms with Crippen LogP contribution in [-0.4, -0.2) is 17.9 Å². The fraction of sp³-hybridized carbons (Fsp3) is 0.222. The summed E-state index contributed by atoms with van der Waals surface area (Å²) in [5.41, 5.74) is 3.13. The van der Waals surface area contributed by atoms with E-state index < -0.39 is 23.4 Å². The maximum atomic E-state index is 14.2. The number of hydrogen-bond acceptors (Lipinski definition) is 5. The van der Waals surface area contributed by atoms with Crippen LogP contribution in [-0.2, 0) is 0 Å². The van der Waals surface area contributed by atoms with Crippen molar-refractivity contribution < 1.29 is 4.79 Å². The molecule has 0 unspecified atom stereocenters. The number of anilines is 1. The van der Waals surface area contributed by atoms with E-state index >= 15 is 0 Å². The Balaban J connectivity index is 1.78. The molecular formula is C27H21N3OS. The molecule has 0 aliphatic carbocycles. The smallest absolute Gasteiger partial charge is 0.186 e. The summed E-state index contributed by atoms with van der Waals surface area (Å²) in [7, 11) is 0. The Kier molecular flexibility index (Phi) is 4.73. The van der Waals surface area contributed by atoms with Gasteiger partial charge in [0.1, 0.15) is 6.04 Å². The predicted molar refractivity (Wildman–Crippen MR) is 126 cm³/mol. The zero-order valence-corrected chi connectivity index (χ0v) is 18.6. The second-order valence-corrected chi connectivity index (χ2v) is 9.46. The molecule has 5 heteroatoms. The summed E-state index contributed by atoms with van der Waals surface area (Å²) in [6.45, 7) is 3.95. The molecule has 4 nitrogen and oxygen atoms in total. The molecule has 1 saturated heterocycles. The molecule has 0 bridgehead atoms. The normalized spacial score (nSPS) is 22.5. The fourth-order valence-corrected chi connectivity index (χ4v) is 6.19. The topological polar surface area (TPSA) is 67.9 Å². The Labute approximate surface area is 191 Å². The number of aryl methyl sites for hydroxylation is 2. The van der Waals surface area contributed by atoms with Crippen LogP contribution in [0.2, 0.25) is 0 Å². The average Bonchev–Trinajstić information content (AvgIpc) is 3.43. The number of benzene rings is 2. The lowest BCUT2D eigenvalue weighted by atomic mass is 9.71. The number of rotatable bonds is 3. The molecule has 3 atom stereocenters. The van der Waals surface area contributed by atoms with E-state index in [0.29, 0.717) is 5.56 Å². The number of ketones is 1. The van der Waals surface area contributed by atoms with Gasteiger partial charge in [-0.2, -0.15) is 10.5 Å². The van der Waals surface area contributed by atoms with Crippen LogP contribution < -0.4 is 4.90 Å². The van der Waals surface area contributed by atoms with Crippen molar-refractivity contribution in [1.82, 2.24) is 0 Å². The minimum atomic E-state index is -1.38. The van der Waals surface area contributed by atoms with Crippen molar-refractivity contribution in [3.8, 4) is 12.1 Å². The van der Waals surface area contributed by atoms with Crippen molar-refractivity contribution in [2.24, 2.45) is 5.41 Å². The lowest BCUT2D eigenvalue weighted by Crippen LogP contribution is -2.44. The predicted octanol–water partition coefficient (Wildman–Crippen LogP) is 5.65. The standard InChI is InChI=1S/C27H21N3OS/c1-17-9-11-20(18(2)14-17)26(31)25-24(22-8-5-13-32-22)27(15-28,16-29)23-12-10-19-6-3-4-7-21(19)30(23)25/h3-14,23-25H,1-2H3/t23-,24-,25-/m0/s1. The monoisotopic (exact) mass is 435 g/mol. The van der Waals surface area contributed by atoms with E-state index in [1.807, 2.05) is 90.9 Å². The number of nitriles is 2. The van der Waals surface area contributed by atoms with E-state index in [2.05, 4.69) is 12.1 Å². The van der Waals surface area contributed by atoms with Gasteiger partial charge in [0, 0.05) is 16.1 Å². The van der Waals surface area contributed by atoms with Gasteiger partial charge in [-0.05, 0) is 42.5 Å². The van der Waals surface area contributed by atoms with E-state index in [1.54, 1.807) is 0 Å². The molecule has 0 amide bonds. The van der Waals surface area contributed by atoms with E-state index in [1.165, 1.54) is 11.3 Å². The minimum Gasteiger partial charge on any atom is -0.351 e. The van der Waals surface area contributed by atoms with E-state index in [0.717, 1.165) is 27.3 Å². The number of hydrogen-bond donors (Lipinski definition) is 0. The van der Waals surface area contributed by atoms with Gasteiger partial charge in [-0.1, -0.05) is 60.2 Å². The van der Waals surface area contributed by atoms with Crippen molar-refractivity contribution in [3.63, 3.8) is 0 Å². The van der Waals surface area contributed by atoms with Crippen LogP contribution in [0.3, 0.4) is 0 Å². The second kappa shape index (κ2) is 7.48. The van der Waals surface area contributed by atoms with E-state index in [4.69, 9.17) is 0 Å². The molecule has 2 aliphatic heterocycles. The largest absolute Gasteiger partial charge is 0.351 e. The van der Waals surface area contributed by atoms with Crippen LogP contribution in [0, 0.1) is 41.9 Å². The van der Waals surface area contributed by atoms with Crippen LogP contribution >= 0.6 is 11.3 Å². The van der Waals surface area contributed by atoms with Crippen molar-refractivity contribution in [2.75, 3.05) is 4.90 Å². The van der Waals surface area contributed by atoms with Gasteiger partial charge in [0.05, 0.1) is 24.1 Å². The first-order valence-corrected chi connectivity index (χ1v) is 11.4. The molecule has 32 heavy (non-hydrogen) atoms. The highest BCUT2D eigenvalue weighted by Crippen LogP contribution is 2.56. The molecular weight excluding hydrogens is 414 g/mol. The van der Waals surface area contributed by atoms with Gasteiger partial charge in [-0.25, -0.2) is 0 Å². The molecule has 0 radical (unpaired) electrons. The van der Waals surface area contributed by atoms with Gasteiger partial charge in [-0.3, -0.25) is 4.79 Å². The Morgan fingerprint density at radius 2 is 1.84 bits per heavy atom. The third-order valence-electron chi connectivity index (χ3n) is 6.68. The highest BCUT2D eigenvalue weighted by molar-refractivity contribution is 7.10. The highest BCUT2D eigenvalue weighted by atomic mass is 32.1. The first-order chi connectivity index (χ1) is 15.5. The molecule has 2 aromatic carbocycles. The Hall–Kier alpha value is -3.67. The zero-order valence-electron chi connectivity index (χ0n) is 17.8. The number of thiophene rings is 1. The van der Waals surface area contributed by atoms with Crippen LogP contribution in [0.25, 0.3) is 6.08 Å². The summed E-state index contributed by atoms with van der Waals surface area (Å²) in [5, 5.41) is 22.7. The number of Topliss-reactive ketones (excluding diaryl/α,β-unsaturated/α-hetero) is 1. The number of carbonyl (C=O) groups is 1. The maximum Gasteiger partial charge on any atom is 0.186 e. The van der Waals surface area contributed by atoms with Crippen molar-refractivity contribution in [3.05, 3.63) is 93.2 Å². The van der Waals surface area contributed by atoms with E-state index in [9.17, 15) is 15.3 Å². The lowest BCUT2D eigenvalue weighted by molar-refractivity contribution is 0.0951. The van der Waals surface area contributed by atoms with Crippen LogP contribution in [0.4, 0.5) is 5.69 Å². The number of fused-ring (bicyclic) bond motifs is 3. The fourth-order valence-electron chi connectivity index (χ4n) is 5.26. The maximum absolute atomic E-state index is 14.2. The zero-order chi connectivity index (χ0) is 22.5. The first-order valence-electron chi connectivity index (χ1n) is 10.5. The van der Waals surface area contributed by atoms with Crippen LogP contribution in [0.15, 0.2) is 66.1 Å². The summed E-state index contributed by atoms with van der Waals surface area (Å²) in [6, 6.07) is 21.1. The molecule has 0 spiro atoms. The Morgan fingerprint density at radius 3 is 2.53 bits per heavy atom. The van der Waals surface area contributed by atoms with Crippen LogP contribution in [0.1, 0.15) is 37.8 Å². The molecule has 3 aromatic rings. The van der Waals surface area contributed by atoms with Crippen molar-refractivity contribution >= 4 is 28.9 Å². The number of nitrogens with zero attached hydrogens (tertiary/aromatic N) is 3. The molecule has 1 fully saturated rings. The molecule has 2 aliphatic rings. The van der Waals surface area contributed by atoms with E-state index in [-0.39, 0.29) is 5.78 Å². The molecule has 156 valence electrons. The van der Waals surface area contributed by atoms with Crippen molar-refractivity contribution in [2.45, 2.75) is 31.8 Å².